The second-order valence-corrected chi connectivity index (χ2v) is 7.55. The van der Waals surface area contributed by atoms with Gasteiger partial charge in [-0.25, -0.2) is 0 Å². The number of aromatic amines is 1. The molecule has 0 radical (unpaired) electrons. The van der Waals surface area contributed by atoms with E-state index < -0.39 is 0 Å². The van der Waals surface area contributed by atoms with E-state index in [4.69, 9.17) is 14.0 Å². The maximum Gasteiger partial charge on any atom is 0.274 e. The summed E-state index contributed by atoms with van der Waals surface area (Å²) in [4.78, 5) is 7.93. The van der Waals surface area contributed by atoms with Crippen LogP contribution >= 0.6 is 0 Å². The van der Waals surface area contributed by atoms with Crippen molar-refractivity contribution in [3.8, 4) is 34.5 Å². The van der Waals surface area contributed by atoms with Crippen LogP contribution in [0.5, 0.6) is 11.5 Å². The number of hydrogen-bond donors (Lipinski definition) is 1. The SMILES string of the molecule is c1ccc(COc2ccc3cc(-c4nc(-c5ccc6c(c5)OCC6)no4)[nH]c3c2)cc1. The molecule has 3 heterocycles. The molecule has 0 aliphatic carbocycles. The molecule has 2 aromatic heterocycles. The maximum absolute atomic E-state index is 5.93. The minimum Gasteiger partial charge on any atom is -0.493 e. The average Bonchev–Trinajstić information content (AvgIpc) is 3.56. The van der Waals surface area contributed by atoms with E-state index in [1.165, 1.54) is 5.56 Å². The molecule has 0 spiro atoms. The van der Waals surface area contributed by atoms with Gasteiger partial charge in [0.2, 0.25) is 5.82 Å². The number of benzene rings is 3. The highest BCUT2D eigenvalue weighted by molar-refractivity contribution is 5.85. The van der Waals surface area contributed by atoms with Gasteiger partial charge in [0.05, 0.1) is 6.61 Å². The van der Waals surface area contributed by atoms with Crippen LogP contribution in [0.4, 0.5) is 0 Å². The Hall–Kier alpha value is -4.06. The Morgan fingerprint density at radius 3 is 2.84 bits per heavy atom. The second kappa shape index (κ2) is 7.32. The lowest BCUT2D eigenvalue weighted by atomic mass is 10.1. The lowest BCUT2D eigenvalue weighted by Gasteiger charge is -2.06. The van der Waals surface area contributed by atoms with Gasteiger partial charge in [0.1, 0.15) is 23.8 Å². The molecule has 1 N–H and O–H groups in total. The van der Waals surface area contributed by atoms with Crippen LogP contribution < -0.4 is 9.47 Å². The minimum atomic E-state index is 0.444. The van der Waals surface area contributed by atoms with Gasteiger partial charge in [0.15, 0.2) is 0 Å². The summed E-state index contributed by atoms with van der Waals surface area (Å²) in [7, 11) is 0. The zero-order valence-electron chi connectivity index (χ0n) is 16.7. The van der Waals surface area contributed by atoms with Crippen LogP contribution in [0.1, 0.15) is 11.1 Å². The molecule has 0 saturated heterocycles. The van der Waals surface area contributed by atoms with Crippen LogP contribution in [-0.2, 0) is 13.0 Å². The summed E-state index contributed by atoms with van der Waals surface area (Å²) in [6.07, 6.45) is 0.944. The number of rotatable bonds is 5. The van der Waals surface area contributed by atoms with Gasteiger partial charge in [-0.05, 0) is 35.4 Å². The topological polar surface area (TPSA) is 73.2 Å². The third-order valence-corrected chi connectivity index (χ3v) is 5.45. The summed E-state index contributed by atoms with van der Waals surface area (Å²) in [6, 6.07) is 24.1. The number of nitrogens with one attached hydrogen (secondary N) is 1. The quantitative estimate of drug-likeness (QED) is 0.421. The highest BCUT2D eigenvalue weighted by atomic mass is 16.5. The van der Waals surface area contributed by atoms with E-state index >= 15 is 0 Å². The van der Waals surface area contributed by atoms with Crippen molar-refractivity contribution in [2.45, 2.75) is 13.0 Å². The molecule has 6 heteroatoms. The molecule has 152 valence electrons. The minimum absolute atomic E-state index is 0.444. The van der Waals surface area contributed by atoms with Crippen molar-refractivity contribution in [1.82, 2.24) is 15.1 Å². The predicted molar refractivity (Wildman–Crippen MR) is 117 cm³/mol. The molecule has 6 nitrogen and oxygen atoms in total. The summed E-state index contributed by atoms with van der Waals surface area (Å²) in [5.41, 5.74) is 4.94. The zero-order chi connectivity index (χ0) is 20.6. The van der Waals surface area contributed by atoms with E-state index in [0.717, 1.165) is 52.3 Å². The molecule has 0 fully saturated rings. The maximum atomic E-state index is 5.93. The fourth-order valence-electron chi connectivity index (χ4n) is 3.81. The van der Waals surface area contributed by atoms with Crippen molar-refractivity contribution in [1.29, 1.82) is 0 Å². The number of aromatic nitrogens is 3. The van der Waals surface area contributed by atoms with Gasteiger partial charge in [0.25, 0.3) is 5.89 Å². The first-order valence-corrected chi connectivity index (χ1v) is 10.2. The van der Waals surface area contributed by atoms with Gasteiger partial charge < -0.3 is 19.0 Å². The van der Waals surface area contributed by atoms with Crippen molar-refractivity contribution in [2.24, 2.45) is 0 Å². The molecular formula is C25H19N3O3. The van der Waals surface area contributed by atoms with Crippen LogP contribution in [-0.4, -0.2) is 21.7 Å². The summed E-state index contributed by atoms with van der Waals surface area (Å²) < 4.78 is 17.1. The third kappa shape index (κ3) is 3.42. The Balaban J connectivity index is 1.24. The van der Waals surface area contributed by atoms with E-state index in [0.29, 0.717) is 18.3 Å². The van der Waals surface area contributed by atoms with E-state index in [9.17, 15) is 0 Å². The molecule has 3 aromatic carbocycles. The van der Waals surface area contributed by atoms with E-state index in [2.05, 4.69) is 21.2 Å². The first-order chi connectivity index (χ1) is 15.3. The zero-order valence-corrected chi connectivity index (χ0v) is 16.7. The van der Waals surface area contributed by atoms with Crippen molar-refractivity contribution >= 4 is 10.9 Å². The summed E-state index contributed by atoms with van der Waals surface area (Å²) in [6.45, 7) is 1.25. The predicted octanol–water partition coefficient (Wildman–Crippen LogP) is 5.40. The highest BCUT2D eigenvalue weighted by Gasteiger charge is 2.17. The average molecular weight is 409 g/mol. The van der Waals surface area contributed by atoms with E-state index in [-0.39, 0.29) is 0 Å². The van der Waals surface area contributed by atoms with Crippen LogP contribution in [0, 0.1) is 0 Å². The van der Waals surface area contributed by atoms with Crippen molar-refractivity contribution in [2.75, 3.05) is 6.61 Å². The molecule has 1 aliphatic heterocycles. The molecule has 1 aliphatic rings. The van der Waals surface area contributed by atoms with Gasteiger partial charge in [-0.2, -0.15) is 4.98 Å². The second-order valence-electron chi connectivity index (χ2n) is 7.55. The standard InChI is InChI=1S/C25H19N3O3/c1-2-4-16(5-3-1)15-30-20-9-8-18-12-22(26-21(18)14-20)25-27-24(28-31-25)19-7-6-17-10-11-29-23(17)13-19/h1-9,12-14,26H,10-11,15H2. The van der Waals surface area contributed by atoms with E-state index in [1.54, 1.807) is 0 Å². The monoisotopic (exact) mass is 409 g/mol. The van der Waals surface area contributed by atoms with Crippen LogP contribution in [0.3, 0.4) is 0 Å². The number of ether oxygens (including phenoxy) is 2. The molecule has 0 bridgehead atoms. The van der Waals surface area contributed by atoms with Gasteiger partial charge in [-0.15, -0.1) is 0 Å². The smallest absolute Gasteiger partial charge is 0.274 e. The fraction of sp³-hybridized carbons (Fsp3) is 0.120. The molecule has 6 rings (SSSR count). The number of hydrogen-bond acceptors (Lipinski definition) is 5. The normalized spacial score (nSPS) is 12.6. The van der Waals surface area contributed by atoms with Gasteiger partial charge >= 0.3 is 0 Å². The lowest BCUT2D eigenvalue weighted by Crippen LogP contribution is -1.94. The molecule has 31 heavy (non-hydrogen) atoms. The van der Waals surface area contributed by atoms with Crippen LogP contribution in [0.2, 0.25) is 0 Å². The number of nitrogens with zero attached hydrogens (tertiary/aromatic N) is 2. The molecule has 0 saturated carbocycles. The summed E-state index contributed by atoms with van der Waals surface area (Å²) >= 11 is 0. The Bertz CT molecular complexity index is 1370. The molecule has 0 amide bonds. The first-order valence-electron chi connectivity index (χ1n) is 10.2. The van der Waals surface area contributed by atoms with Gasteiger partial charge in [0, 0.05) is 29.0 Å². The Morgan fingerprint density at radius 2 is 1.90 bits per heavy atom. The number of fused-ring (bicyclic) bond motifs is 2. The molecule has 5 aromatic rings. The molecule has 0 atom stereocenters. The van der Waals surface area contributed by atoms with Gasteiger partial charge in [-0.1, -0.05) is 47.6 Å². The third-order valence-electron chi connectivity index (χ3n) is 5.45. The van der Waals surface area contributed by atoms with E-state index in [1.807, 2.05) is 66.7 Å². The van der Waals surface area contributed by atoms with Crippen molar-refractivity contribution in [3.05, 3.63) is 83.9 Å². The fourth-order valence-corrected chi connectivity index (χ4v) is 3.81. The first kappa shape index (κ1) is 17.8. The van der Waals surface area contributed by atoms with Crippen LogP contribution in [0.15, 0.2) is 77.3 Å². The summed E-state index contributed by atoms with van der Waals surface area (Å²) in [5, 5.41) is 5.20. The Kier molecular flexibility index (Phi) is 4.20. The highest BCUT2D eigenvalue weighted by Crippen LogP contribution is 2.31. The van der Waals surface area contributed by atoms with Crippen molar-refractivity contribution < 1.29 is 14.0 Å². The number of H-pyrrole nitrogens is 1. The Labute approximate surface area is 178 Å². The largest absolute Gasteiger partial charge is 0.493 e. The van der Waals surface area contributed by atoms with Gasteiger partial charge in [-0.3, -0.25) is 0 Å². The van der Waals surface area contributed by atoms with Crippen molar-refractivity contribution in [3.63, 3.8) is 0 Å². The molecule has 0 unspecified atom stereocenters. The lowest BCUT2D eigenvalue weighted by molar-refractivity contribution is 0.306. The Morgan fingerprint density at radius 1 is 0.968 bits per heavy atom. The van der Waals surface area contributed by atoms with Crippen LogP contribution in [0.25, 0.3) is 33.9 Å². The summed E-state index contributed by atoms with van der Waals surface area (Å²) in [5.74, 6) is 2.69. The molecular weight excluding hydrogens is 390 g/mol.